The number of nitrogens with zero attached hydrogens (tertiary/aromatic N) is 3. The van der Waals surface area contributed by atoms with E-state index < -0.39 is 0 Å². The average Bonchev–Trinajstić information content (AvgIpc) is 3.10. The maximum Gasteiger partial charge on any atom is 0.227 e. The normalized spacial score (nSPS) is 21.9. The number of ether oxygens (including phenoxy) is 1. The van der Waals surface area contributed by atoms with Crippen molar-refractivity contribution in [3.8, 4) is 5.75 Å². The molecule has 2 aliphatic rings. The number of benzene rings is 1. The Kier molecular flexibility index (Phi) is 7.36. The predicted molar refractivity (Wildman–Crippen MR) is 119 cm³/mol. The van der Waals surface area contributed by atoms with Crippen LogP contribution in [0.2, 0.25) is 0 Å². The lowest BCUT2D eigenvalue weighted by atomic mass is 10.0. The van der Waals surface area contributed by atoms with Gasteiger partial charge < -0.3 is 19.9 Å². The molecule has 2 saturated heterocycles. The Morgan fingerprint density at radius 2 is 1.93 bits per heavy atom. The summed E-state index contributed by atoms with van der Waals surface area (Å²) >= 11 is 0. The Bertz CT molecular complexity index is 759. The van der Waals surface area contributed by atoms with E-state index in [0.29, 0.717) is 30.8 Å². The highest BCUT2D eigenvalue weighted by atomic mass is 16.5. The van der Waals surface area contributed by atoms with Crippen LogP contribution in [-0.2, 0) is 9.59 Å². The van der Waals surface area contributed by atoms with Gasteiger partial charge in [0.1, 0.15) is 5.75 Å². The van der Waals surface area contributed by atoms with E-state index in [9.17, 15) is 9.59 Å². The van der Waals surface area contributed by atoms with Crippen molar-refractivity contribution in [3.63, 3.8) is 0 Å². The number of carbonyl (C=O) groups is 2. The van der Waals surface area contributed by atoms with E-state index in [4.69, 9.17) is 4.74 Å². The summed E-state index contributed by atoms with van der Waals surface area (Å²) in [6.45, 7) is 11.6. The Labute approximate surface area is 180 Å². The van der Waals surface area contributed by atoms with E-state index in [1.54, 1.807) is 12.0 Å². The number of rotatable bonds is 7. The lowest BCUT2D eigenvalue weighted by Crippen LogP contribution is -2.54. The van der Waals surface area contributed by atoms with Crippen molar-refractivity contribution in [2.75, 3.05) is 58.3 Å². The smallest absolute Gasteiger partial charge is 0.227 e. The molecule has 0 bridgehead atoms. The highest BCUT2D eigenvalue weighted by Gasteiger charge is 2.37. The Morgan fingerprint density at radius 1 is 1.23 bits per heavy atom. The molecule has 7 heteroatoms. The van der Waals surface area contributed by atoms with Crippen molar-refractivity contribution in [1.29, 1.82) is 0 Å². The van der Waals surface area contributed by atoms with Gasteiger partial charge in [-0.25, -0.2) is 0 Å². The van der Waals surface area contributed by atoms with E-state index in [1.165, 1.54) is 0 Å². The molecular formula is C23H36N4O3. The minimum Gasteiger partial charge on any atom is -0.495 e. The minimum absolute atomic E-state index is 0.0291. The van der Waals surface area contributed by atoms with E-state index in [0.717, 1.165) is 37.4 Å². The number of nitrogens with one attached hydrogen (secondary N) is 1. The minimum atomic E-state index is -0.331. The first-order valence-corrected chi connectivity index (χ1v) is 11.0. The lowest BCUT2D eigenvalue weighted by Gasteiger charge is -2.40. The van der Waals surface area contributed by atoms with Crippen LogP contribution in [-0.4, -0.2) is 81.1 Å². The molecule has 0 aromatic heterocycles. The van der Waals surface area contributed by atoms with E-state index in [1.807, 2.05) is 25.1 Å². The van der Waals surface area contributed by atoms with Crippen LogP contribution in [0.5, 0.6) is 5.75 Å². The molecule has 2 heterocycles. The number of hydrogen-bond acceptors (Lipinski definition) is 5. The summed E-state index contributed by atoms with van der Waals surface area (Å²) in [5.41, 5.74) is 1.80. The maximum atomic E-state index is 12.9. The third kappa shape index (κ3) is 5.13. The summed E-state index contributed by atoms with van der Waals surface area (Å²) in [6.07, 6.45) is 0.240. The number of likely N-dealkylation sites (N-methyl/N-ethyl adjacent to an activating group) is 1. The Balaban J connectivity index is 1.61. The van der Waals surface area contributed by atoms with E-state index >= 15 is 0 Å². The van der Waals surface area contributed by atoms with Crippen molar-refractivity contribution in [1.82, 2.24) is 15.1 Å². The van der Waals surface area contributed by atoms with Crippen LogP contribution in [0.15, 0.2) is 18.2 Å². The summed E-state index contributed by atoms with van der Waals surface area (Å²) in [5.74, 6) is 0.718. The zero-order valence-electron chi connectivity index (χ0n) is 19.0. The van der Waals surface area contributed by atoms with Gasteiger partial charge in [-0.1, -0.05) is 19.9 Å². The molecule has 0 saturated carbocycles. The fourth-order valence-electron chi connectivity index (χ4n) is 4.42. The number of amides is 2. The summed E-state index contributed by atoms with van der Waals surface area (Å²) in [6, 6.07) is 6.08. The van der Waals surface area contributed by atoms with Crippen molar-refractivity contribution < 1.29 is 14.3 Å². The number of anilines is 1. The average molecular weight is 417 g/mol. The Hall–Kier alpha value is -2.12. The molecule has 166 valence electrons. The molecule has 7 nitrogen and oxygen atoms in total. The second-order valence-corrected chi connectivity index (χ2v) is 8.98. The molecule has 0 spiro atoms. The zero-order valence-corrected chi connectivity index (χ0v) is 19.0. The summed E-state index contributed by atoms with van der Waals surface area (Å²) < 4.78 is 5.43. The first kappa shape index (κ1) is 22.6. The van der Waals surface area contributed by atoms with Gasteiger partial charge in [0.15, 0.2) is 0 Å². The molecule has 2 unspecified atom stereocenters. The summed E-state index contributed by atoms with van der Waals surface area (Å²) in [5, 5.41) is 3.14. The van der Waals surface area contributed by atoms with Crippen molar-refractivity contribution in [3.05, 3.63) is 23.8 Å². The summed E-state index contributed by atoms with van der Waals surface area (Å²) in [4.78, 5) is 32.1. The second kappa shape index (κ2) is 9.79. The molecule has 0 radical (unpaired) electrons. The SMILES string of the molecule is COc1ccc(C)cc1N1CC(C(=O)NCC(C(C)C)N2CCN(C)CC2)CC1=O. The molecule has 1 aromatic rings. The van der Waals surface area contributed by atoms with Crippen molar-refractivity contribution in [2.45, 2.75) is 33.2 Å². The van der Waals surface area contributed by atoms with Crippen LogP contribution >= 0.6 is 0 Å². The van der Waals surface area contributed by atoms with Gasteiger partial charge in [-0.05, 0) is 37.6 Å². The number of piperazine rings is 1. The molecule has 3 rings (SSSR count). The first-order chi connectivity index (χ1) is 14.3. The molecule has 2 fully saturated rings. The van der Waals surface area contributed by atoms with Gasteiger partial charge >= 0.3 is 0 Å². The molecule has 2 atom stereocenters. The van der Waals surface area contributed by atoms with Gasteiger partial charge in [-0.3, -0.25) is 14.5 Å². The standard InChI is InChI=1S/C23H36N4O3/c1-16(2)20(26-10-8-25(4)9-11-26)14-24-23(29)18-13-22(28)27(15-18)19-12-17(3)6-7-21(19)30-5/h6-7,12,16,18,20H,8-11,13-15H2,1-5H3,(H,24,29). The van der Waals surface area contributed by atoms with Crippen LogP contribution in [0.3, 0.4) is 0 Å². The van der Waals surface area contributed by atoms with Gasteiger partial charge in [0.2, 0.25) is 11.8 Å². The van der Waals surface area contributed by atoms with Gasteiger partial charge in [-0.2, -0.15) is 0 Å². The van der Waals surface area contributed by atoms with Crippen LogP contribution in [0.1, 0.15) is 25.8 Å². The zero-order chi connectivity index (χ0) is 21.8. The largest absolute Gasteiger partial charge is 0.495 e. The summed E-state index contributed by atoms with van der Waals surface area (Å²) in [7, 11) is 3.75. The van der Waals surface area contributed by atoms with E-state index in [2.05, 4.69) is 36.0 Å². The number of carbonyl (C=O) groups excluding carboxylic acids is 2. The van der Waals surface area contributed by atoms with Crippen LogP contribution in [0, 0.1) is 18.8 Å². The lowest BCUT2D eigenvalue weighted by molar-refractivity contribution is -0.126. The fourth-order valence-corrected chi connectivity index (χ4v) is 4.42. The van der Waals surface area contributed by atoms with Crippen molar-refractivity contribution in [2.24, 2.45) is 11.8 Å². The topological polar surface area (TPSA) is 65.1 Å². The monoisotopic (exact) mass is 416 g/mol. The maximum absolute atomic E-state index is 12.9. The van der Waals surface area contributed by atoms with E-state index in [-0.39, 0.29) is 24.2 Å². The predicted octanol–water partition coefficient (Wildman–Crippen LogP) is 1.74. The molecule has 30 heavy (non-hydrogen) atoms. The van der Waals surface area contributed by atoms with Crippen LogP contribution in [0.25, 0.3) is 0 Å². The molecule has 0 aliphatic carbocycles. The third-order valence-corrected chi connectivity index (χ3v) is 6.38. The van der Waals surface area contributed by atoms with Gasteiger partial charge in [-0.15, -0.1) is 0 Å². The fraction of sp³-hybridized carbons (Fsp3) is 0.652. The van der Waals surface area contributed by atoms with Crippen LogP contribution < -0.4 is 15.0 Å². The quantitative estimate of drug-likeness (QED) is 0.734. The first-order valence-electron chi connectivity index (χ1n) is 11.0. The second-order valence-electron chi connectivity index (χ2n) is 8.98. The van der Waals surface area contributed by atoms with Crippen LogP contribution in [0.4, 0.5) is 5.69 Å². The molecule has 1 N–H and O–H groups in total. The molecule has 2 aliphatic heterocycles. The van der Waals surface area contributed by atoms with Gasteiger partial charge in [0.05, 0.1) is 18.7 Å². The highest BCUT2D eigenvalue weighted by molar-refractivity contribution is 6.01. The van der Waals surface area contributed by atoms with Gasteiger partial charge in [0, 0.05) is 51.7 Å². The molecule has 1 aromatic carbocycles. The third-order valence-electron chi connectivity index (χ3n) is 6.38. The van der Waals surface area contributed by atoms with Gasteiger partial charge in [0.25, 0.3) is 0 Å². The molecule has 2 amide bonds. The molecular weight excluding hydrogens is 380 g/mol. The Morgan fingerprint density at radius 3 is 2.57 bits per heavy atom. The highest BCUT2D eigenvalue weighted by Crippen LogP contribution is 2.34. The number of methoxy groups -OCH3 is 1. The number of hydrogen-bond donors (Lipinski definition) is 1. The van der Waals surface area contributed by atoms with Crippen molar-refractivity contribution >= 4 is 17.5 Å². The number of aryl methyl sites for hydroxylation is 1.